The number of quaternary nitrogens is 1. The molecular formula is C14H27N2O4+. The molecule has 20 heavy (non-hydrogen) atoms. The molecule has 0 aromatic heterocycles. The zero-order valence-electron chi connectivity index (χ0n) is 12.7. The van der Waals surface area contributed by atoms with Gasteiger partial charge >= 0.3 is 5.97 Å². The predicted molar refractivity (Wildman–Crippen MR) is 75.1 cm³/mol. The molecule has 0 radical (unpaired) electrons. The zero-order chi connectivity index (χ0) is 14.8. The molecular weight excluding hydrogens is 260 g/mol. The quantitative estimate of drug-likeness (QED) is 0.264. The second kappa shape index (κ2) is 8.92. The highest BCUT2D eigenvalue weighted by Crippen LogP contribution is 2.11. The Morgan fingerprint density at radius 2 is 1.95 bits per heavy atom. The first-order valence-electron chi connectivity index (χ1n) is 7.30. The van der Waals surface area contributed by atoms with Crippen LogP contribution in [-0.4, -0.2) is 81.4 Å². The predicted octanol–water partition coefficient (Wildman–Crippen LogP) is 0.265. The summed E-state index contributed by atoms with van der Waals surface area (Å²) in [6, 6.07) is 0. The van der Waals surface area contributed by atoms with E-state index in [1.807, 2.05) is 0 Å². The molecule has 0 unspecified atom stereocenters. The van der Waals surface area contributed by atoms with Crippen LogP contribution in [0.25, 0.3) is 0 Å². The van der Waals surface area contributed by atoms with Crippen molar-refractivity contribution in [3.8, 4) is 0 Å². The van der Waals surface area contributed by atoms with Crippen molar-refractivity contribution in [3.05, 3.63) is 0 Å². The molecule has 1 fully saturated rings. The van der Waals surface area contributed by atoms with Gasteiger partial charge in [-0.25, -0.2) is 0 Å². The SMILES string of the molecule is CC(=O)OCCC[N+]1(C)CCN(CCCOC=O)CC1. The van der Waals surface area contributed by atoms with Gasteiger partial charge in [0.1, 0.15) is 0 Å². The summed E-state index contributed by atoms with van der Waals surface area (Å²) >= 11 is 0. The lowest BCUT2D eigenvalue weighted by Crippen LogP contribution is -2.57. The number of carbonyl (C=O) groups excluding carboxylic acids is 2. The van der Waals surface area contributed by atoms with Crippen LogP contribution in [-0.2, 0) is 19.1 Å². The van der Waals surface area contributed by atoms with Crippen LogP contribution in [0.4, 0.5) is 0 Å². The average Bonchev–Trinajstić information content (AvgIpc) is 2.42. The smallest absolute Gasteiger partial charge is 0.302 e. The van der Waals surface area contributed by atoms with Crippen LogP contribution < -0.4 is 0 Å². The maximum absolute atomic E-state index is 10.7. The Morgan fingerprint density at radius 1 is 1.25 bits per heavy atom. The lowest BCUT2D eigenvalue weighted by molar-refractivity contribution is -0.913. The summed E-state index contributed by atoms with van der Waals surface area (Å²) in [5.41, 5.74) is 0. The Morgan fingerprint density at radius 3 is 2.55 bits per heavy atom. The first-order valence-corrected chi connectivity index (χ1v) is 7.30. The van der Waals surface area contributed by atoms with E-state index in [1.54, 1.807) is 0 Å². The normalized spacial score (nSPS) is 18.5. The number of nitrogens with zero attached hydrogens (tertiary/aromatic N) is 2. The summed E-state index contributed by atoms with van der Waals surface area (Å²) in [5.74, 6) is -0.199. The van der Waals surface area contributed by atoms with E-state index in [1.165, 1.54) is 6.92 Å². The summed E-state index contributed by atoms with van der Waals surface area (Å²) in [4.78, 5) is 23.2. The lowest BCUT2D eigenvalue weighted by Gasteiger charge is -2.42. The van der Waals surface area contributed by atoms with E-state index in [0.29, 0.717) is 19.7 Å². The second-order valence-corrected chi connectivity index (χ2v) is 5.65. The van der Waals surface area contributed by atoms with Crippen LogP contribution in [0, 0.1) is 0 Å². The molecule has 0 amide bonds. The van der Waals surface area contributed by atoms with Gasteiger partial charge in [0.25, 0.3) is 6.47 Å². The van der Waals surface area contributed by atoms with E-state index in [4.69, 9.17) is 9.47 Å². The Kier molecular flexibility index (Phi) is 7.54. The molecule has 1 heterocycles. The summed E-state index contributed by atoms with van der Waals surface area (Å²) in [6.07, 6.45) is 1.82. The number of likely N-dealkylation sites (N-methyl/N-ethyl adjacent to an activating group) is 1. The van der Waals surface area contributed by atoms with Crippen molar-refractivity contribution in [1.82, 2.24) is 4.90 Å². The number of hydrogen-bond donors (Lipinski definition) is 0. The van der Waals surface area contributed by atoms with E-state index in [9.17, 15) is 9.59 Å². The Labute approximate surface area is 121 Å². The van der Waals surface area contributed by atoms with Gasteiger partial charge in [-0.2, -0.15) is 0 Å². The zero-order valence-corrected chi connectivity index (χ0v) is 12.7. The minimum Gasteiger partial charge on any atom is -0.468 e. The fraction of sp³-hybridized carbons (Fsp3) is 0.857. The number of ether oxygens (including phenoxy) is 2. The Hall–Kier alpha value is -1.14. The molecule has 0 N–H and O–H groups in total. The molecule has 1 aliphatic heterocycles. The van der Waals surface area contributed by atoms with Gasteiger partial charge in [0.05, 0.1) is 39.9 Å². The standard InChI is InChI=1S/C14H27N2O4/c1-14(18)20-12-4-8-16(2)9-6-15(7-10-16)5-3-11-19-13-17/h13H,3-12H2,1-2H3/q+1. The minimum absolute atomic E-state index is 0.199. The van der Waals surface area contributed by atoms with Gasteiger partial charge in [-0.05, 0) is 6.42 Å². The molecule has 116 valence electrons. The highest BCUT2D eigenvalue weighted by molar-refractivity contribution is 5.65. The lowest BCUT2D eigenvalue weighted by atomic mass is 10.2. The molecule has 0 saturated carbocycles. The molecule has 0 aliphatic carbocycles. The van der Waals surface area contributed by atoms with Gasteiger partial charge in [0.2, 0.25) is 0 Å². The largest absolute Gasteiger partial charge is 0.468 e. The highest BCUT2D eigenvalue weighted by Gasteiger charge is 2.27. The van der Waals surface area contributed by atoms with Crippen molar-refractivity contribution >= 4 is 12.4 Å². The van der Waals surface area contributed by atoms with Crippen LogP contribution >= 0.6 is 0 Å². The third kappa shape index (κ3) is 6.86. The first kappa shape index (κ1) is 16.9. The number of rotatable bonds is 9. The van der Waals surface area contributed by atoms with Crippen LogP contribution in [0.1, 0.15) is 19.8 Å². The number of hydrogen-bond acceptors (Lipinski definition) is 5. The third-order valence-electron chi connectivity index (χ3n) is 3.86. The highest BCUT2D eigenvalue weighted by atomic mass is 16.5. The van der Waals surface area contributed by atoms with Gasteiger partial charge in [0, 0.05) is 33.0 Å². The molecule has 6 nitrogen and oxygen atoms in total. The van der Waals surface area contributed by atoms with Gasteiger partial charge in [-0.15, -0.1) is 0 Å². The van der Waals surface area contributed by atoms with Crippen molar-refractivity contribution in [2.75, 3.05) is 59.5 Å². The van der Waals surface area contributed by atoms with Crippen molar-refractivity contribution in [2.45, 2.75) is 19.8 Å². The number of piperazine rings is 1. The van der Waals surface area contributed by atoms with Crippen molar-refractivity contribution in [1.29, 1.82) is 0 Å². The molecule has 1 rings (SSSR count). The number of carbonyl (C=O) groups is 2. The summed E-state index contributed by atoms with van der Waals surface area (Å²) in [5, 5.41) is 0. The van der Waals surface area contributed by atoms with Crippen molar-refractivity contribution in [3.63, 3.8) is 0 Å². The van der Waals surface area contributed by atoms with Gasteiger partial charge < -0.3 is 14.0 Å². The molecule has 0 spiro atoms. The van der Waals surface area contributed by atoms with Crippen molar-refractivity contribution < 1.29 is 23.5 Å². The molecule has 0 atom stereocenters. The molecule has 1 aliphatic rings. The summed E-state index contributed by atoms with van der Waals surface area (Å²) in [6.45, 7) is 9.41. The maximum atomic E-state index is 10.7. The molecule has 0 aromatic carbocycles. The monoisotopic (exact) mass is 287 g/mol. The maximum Gasteiger partial charge on any atom is 0.302 e. The fourth-order valence-corrected chi connectivity index (χ4v) is 2.52. The second-order valence-electron chi connectivity index (χ2n) is 5.65. The average molecular weight is 287 g/mol. The van der Waals surface area contributed by atoms with Crippen LogP contribution in [0.3, 0.4) is 0 Å². The van der Waals surface area contributed by atoms with Crippen LogP contribution in [0.2, 0.25) is 0 Å². The minimum atomic E-state index is -0.199. The van der Waals surface area contributed by atoms with Gasteiger partial charge in [0.15, 0.2) is 0 Å². The van der Waals surface area contributed by atoms with Crippen molar-refractivity contribution in [2.24, 2.45) is 0 Å². The van der Waals surface area contributed by atoms with E-state index >= 15 is 0 Å². The van der Waals surface area contributed by atoms with E-state index in [0.717, 1.165) is 56.6 Å². The Bertz CT molecular complexity index is 302. The molecule has 0 bridgehead atoms. The summed E-state index contributed by atoms with van der Waals surface area (Å²) < 4.78 is 10.7. The van der Waals surface area contributed by atoms with Gasteiger partial charge in [-0.1, -0.05) is 0 Å². The molecule has 1 saturated heterocycles. The van der Waals surface area contributed by atoms with E-state index < -0.39 is 0 Å². The van der Waals surface area contributed by atoms with Crippen LogP contribution in [0.15, 0.2) is 0 Å². The number of esters is 1. The van der Waals surface area contributed by atoms with Gasteiger partial charge in [-0.3, -0.25) is 14.5 Å². The third-order valence-corrected chi connectivity index (χ3v) is 3.86. The first-order chi connectivity index (χ1) is 9.56. The Balaban J connectivity index is 2.12. The molecule has 6 heteroatoms. The summed E-state index contributed by atoms with van der Waals surface area (Å²) in [7, 11) is 2.26. The van der Waals surface area contributed by atoms with Crippen LogP contribution in [0.5, 0.6) is 0 Å². The fourth-order valence-electron chi connectivity index (χ4n) is 2.52. The molecule has 0 aromatic rings. The van der Waals surface area contributed by atoms with E-state index in [2.05, 4.69) is 11.9 Å². The van der Waals surface area contributed by atoms with E-state index in [-0.39, 0.29) is 5.97 Å². The topological polar surface area (TPSA) is 55.8 Å².